The van der Waals surface area contributed by atoms with Crippen LogP contribution in [0.15, 0.2) is 46.9 Å². The number of para-hydroxylation sites is 1. The van der Waals surface area contributed by atoms with E-state index >= 15 is 0 Å². The number of hydrogen-bond acceptors (Lipinski definition) is 3. The molecule has 0 aliphatic rings. The number of benzene rings is 2. The minimum Gasteiger partial charge on any atom is -0.456 e. The van der Waals surface area contributed by atoms with Gasteiger partial charge in [0, 0.05) is 11.1 Å². The molecular formula is C15H14BrNO2S. The van der Waals surface area contributed by atoms with Crippen LogP contribution in [0.2, 0.25) is 0 Å². The molecule has 2 aromatic carbocycles. The zero-order valence-corrected chi connectivity index (χ0v) is 13.1. The predicted octanol–water partition coefficient (Wildman–Crippen LogP) is 3.41. The summed E-state index contributed by atoms with van der Waals surface area (Å²) in [5.74, 6) is 1.29. The summed E-state index contributed by atoms with van der Waals surface area (Å²) in [5, 5.41) is 9.09. The van der Waals surface area contributed by atoms with Crippen molar-refractivity contribution in [3.05, 3.63) is 58.1 Å². The second-order valence-electron chi connectivity index (χ2n) is 4.16. The third-order valence-electron chi connectivity index (χ3n) is 2.80. The molecule has 0 aromatic heterocycles. The van der Waals surface area contributed by atoms with Crippen LogP contribution in [-0.4, -0.2) is 16.7 Å². The van der Waals surface area contributed by atoms with Crippen molar-refractivity contribution in [2.45, 2.75) is 6.42 Å². The van der Waals surface area contributed by atoms with Crippen molar-refractivity contribution < 1.29 is 9.84 Å². The van der Waals surface area contributed by atoms with Crippen LogP contribution in [0.25, 0.3) is 0 Å². The largest absolute Gasteiger partial charge is 0.456 e. The highest BCUT2D eigenvalue weighted by molar-refractivity contribution is 9.10. The lowest BCUT2D eigenvalue weighted by Gasteiger charge is -2.14. The molecule has 0 fully saturated rings. The Balaban J connectivity index is 2.40. The van der Waals surface area contributed by atoms with Gasteiger partial charge in [-0.3, -0.25) is 0 Å². The molecule has 2 aromatic rings. The smallest absolute Gasteiger partial charge is 0.138 e. The Labute approximate surface area is 131 Å². The van der Waals surface area contributed by atoms with E-state index in [0.29, 0.717) is 23.5 Å². The molecule has 0 aliphatic carbocycles. The van der Waals surface area contributed by atoms with Gasteiger partial charge in [-0.15, -0.1) is 0 Å². The number of aliphatic hydroxyl groups is 1. The van der Waals surface area contributed by atoms with Crippen LogP contribution in [0.3, 0.4) is 0 Å². The third kappa shape index (κ3) is 3.36. The Morgan fingerprint density at radius 3 is 2.55 bits per heavy atom. The molecule has 3 N–H and O–H groups in total. The fraction of sp³-hybridized carbons (Fsp3) is 0.133. The molecule has 0 unspecified atom stereocenters. The summed E-state index contributed by atoms with van der Waals surface area (Å²) in [7, 11) is 0. The van der Waals surface area contributed by atoms with E-state index < -0.39 is 0 Å². The average molecular weight is 352 g/mol. The fourth-order valence-corrected chi connectivity index (χ4v) is 2.78. The molecular weight excluding hydrogens is 338 g/mol. The van der Waals surface area contributed by atoms with Crippen molar-refractivity contribution in [1.82, 2.24) is 0 Å². The molecule has 0 heterocycles. The zero-order chi connectivity index (χ0) is 14.5. The molecule has 3 nitrogen and oxygen atoms in total. The number of rotatable bonds is 5. The van der Waals surface area contributed by atoms with Gasteiger partial charge in [-0.1, -0.05) is 36.5 Å². The van der Waals surface area contributed by atoms with E-state index in [2.05, 4.69) is 15.9 Å². The van der Waals surface area contributed by atoms with Crippen molar-refractivity contribution in [3.63, 3.8) is 0 Å². The molecule has 0 spiro atoms. The Hall–Kier alpha value is -1.43. The van der Waals surface area contributed by atoms with E-state index in [4.69, 9.17) is 27.8 Å². The first kappa shape index (κ1) is 15.0. The topological polar surface area (TPSA) is 55.5 Å². The van der Waals surface area contributed by atoms with E-state index in [-0.39, 0.29) is 11.6 Å². The Morgan fingerprint density at radius 1 is 1.15 bits per heavy atom. The number of ether oxygens (including phenoxy) is 1. The lowest BCUT2D eigenvalue weighted by Crippen LogP contribution is -2.11. The SMILES string of the molecule is NC(=S)c1c(Br)cccc1Oc1ccccc1CCO. The van der Waals surface area contributed by atoms with Crippen molar-refractivity contribution in [3.8, 4) is 11.5 Å². The lowest BCUT2D eigenvalue weighted by atomic mass is 10.1. The third-order valence-corrected chi connectivity index (χ3v) is 3.66. The highest BCUT2D eigenvalue weighted by atomic mass is 79.9. The molecule has 0 radical (unpaired) electrons. The highest BCUT2D eigenvalue weighted by Crippen LogP contribution is 2.32. The summed E-state index contributed by atoms with van der Waals surface area (Å²) in [6, 6.07) is 13.1. The number of aliphatic hydroxyl groups excluding tert-OH is 1. The Bertz CT molecular complexity index is 631. The minimum atomic E-state index is 0.0705. The maximum absolute atomic E-state index is 9.09. The van der Waals surface area contributed by atoms with E-state index in [1.54, 1.807) is 0 Å². The summed E-state index contributed by atoms with van der Waals surface area (Å²) in [6.45, 7) is 0.0705. The van der Waals surface area contributed by atoms with Gasteiger partial charge in [0.15, 0.2) is 0 Å². The number of nitrogens with two attached hydrogens (primary N) is 1. The molecule has 0 amide bonds. The molecule has 0 aliphatic heterocycles. The fourth-order valence-electron chi connectivity index (χ4n) is 1.88. The normalized spacial score (nSPS) is 10.3. The lowest BCUT2D eigenvalue weighted by molar-refractivity contribution is 0.298. The van der Waals surface area contributed by atoms with Gasteiger partial charge < -0.3 is 15.6 Å². The van der Waals surface area contributed by atoms with Crippen LogP contribution >= 0.6 is 28.1 Å². The van der Waals surface area contributed by atoms with Gasteiger partial charge in [-0.05, 0) is 46.1 Å². The first-order valence-electron chi connectivity index (χ1n) is 6.08. The van der Waals surface area contributed by atoms with Gasteiger partial charge in [0.05, 0.1) is 5.56 Å². The summed E-state index contributed by atoms with van der Waals surface area (Å²) >= 11 is 8.49. The quantitative estimate of drug-likeness (QED) is 0.810. The molecule has 0 atom stereocenters. The second kappa shape index (κ2) is 6.83. The molecule has 5 heteroatoms. The standard InChI is InChI=1S/C15H14BrNO2S/c16-11-5-3-7-13(14(11)15(17)20)19-12-6-2-1-4-10(12)8-9-18/h1-7,18H,8-9H2,(H2,17,20). The van der Waals surface area contributed by atoms with Gasteiger partial charge in [-0.2, -0.15) is 0 Å². The van der Waals surface area contributed by atoms with Gasteiger partial charge in [0.2, 0.25) is 0 Å². The van der Waals surface area contributed by atoms with Crippen molar-refractivity contribution >= 4 is 33.1 Å². The van der Waals surface area contributed by atoms with Crippen molar-refractivity contribution in [2.75, 3.05) is 6.61 Å². The first-order chi connectivity index (χ1) is 9.63. The molecule has 0 saturated carbocycles. The average Bonchev–Trinajstić information content (AvgIpc) is 2.41. The van der Waals surface area contributed by atoms with Crippen LogP contribution in [0.1, 0.15) is 11.1 Å². The zero-order valence-electron chi connectivity index (χ0n) is 10.7. The van der Waals surface area contributed by atoms with Gasteiger partial charge in [0.1, 0.15) is 16.5 Å². The maximum atomic E-state index is 9.09. The summed E-state index contributed by atoms with van der Waals surface area (Å²) in [4.78, 5) is 0.270. The van der Waals surface area contributed by atoms with Crippen LogP contribution < -0.4 is 10.5 Å². The summed E-state index contributed by atoms with van der Waals surface area (Å²) < 4.78 is 6.72. The van der Waals surface area contributed by atoms with Crippen LogP contribution in [0.4, 0.5) is 0 Å². The minimum absolute atomic E-state index is 0.0705. The van der Waals surface area contributed by atoms with E-state index in [9.17, 15) is 0 Å². The van der Waals surface area contributed by atoms with E-state index in [0.717, 1.165) is 10.0 Å². The van der Waals surface area contributed by atoms with Crippen LogP contribution in [-0.2, 0) is 6.42 Å². The van der Waals surface area contributed by atoms with Crippen LogP contribution in [0.5, 0.6) is 11.5 Å². The molecule has 2 rings (SSSR count). The van der Waals surface area contributed by atoms with Gasteiger partial charge >= 0.3 is 0 Å². The van der Waals surface area contributed by atoms with Crippen molar-refractivity contribution in [2.24, 2.45) is 5.73 Å². The summed E-state index contributed by atoms with van der Waals surface area (Å²) in [6.07, 6.45) is 0.534. The number of thiocarbonyl (C=S) groups is 1. The Morgan fingerprint density at radius 2 is 1.85 bits per heavy atom. The van der Waals surface area contributed by atoms with E-state index in [1.807, 2.05) is 42.5 Å². The number of halogens is 1. The Kier molecular flexibility index (Phi) is 5.11. The maximum Gasteiger partial charge on any atom is 0.138 e. The molecule has 0 saturated heterocycles. The predicted molar refractivity (Wildman–Crippen MR) is 87.3 cm³/mol. The van der Waals surface area contributed by atoms with Gasteiger partial charge in [-0.25, -0.2) is 0 Å². The van der Waals surface area contributed by atoms with Gasteiger partial charge in [0.25, 0.3) is 0 Å². The monoisotopic (exact) mass is 351 g/mol. The van der Waals surface area contributed by atoms with E-state index in [1.165, 1.54) is 0 Å². The molecule has 20 heavy (non-hydrogen) atoms. The molecule has 104 valence electrons. The van der Waals surface area contributed by atoms with Crippen LogP contribution in [0, 0.1) is 0 Å². The summed E-state index contributed by atoms with van der Waals surface area (Å²) in [5.41, 5.74) is 7.35. The molecule has 0 bridgehead atoms. The first-order valence-corrected chi connectivity index (χ1v) is 7.28. The van der Waals surface area contributed by atoms with Crippen molar-refractivity contribution in [1.29, 1.82) is 0 Å². The second-order valence-corrected chi connectivity index (χ2v) is 5.45. The number of hydrogen-bond donors (Lipinski definition) is 2. The highest BCUT2D eigenvalue weighted by Gasteiger charge is 2.12.